The van der Waals surface area contributed by atoms with Gasteiger partial charge in [0.1, 0.15) is 12.8 Å². The first kappa shape index (κ1) is 14.0. The number of nitro groups is 1. The van der Waals surface area contributed by atoms with Crippen molar-refractivity contribution >= 4 is 17.3 Å². The van der Waals surface area contributed by atoms with Gasteiger partial charge in [0.25, 0.3) is 5.88 Å². The molecule has 2 heterocycles. The predicted molar refractivity (Wildman–Crippen MR) is 69.5 cm³/mol. The number of nitrogens with zero attached hydrogens (tertiary/aromatic N) is 4. The molecule has 1 aliphatic rings. The molecule has 8 heteroatoms. The van der Waals surface area contributed by atoms with Crippen LogP contribution in [0.25, 0.3) is 0 Å². The van der Waals surface area contributed by atoms with Crippen LogP contribution in [0.2, 0.25) is 5.28 Å². The van der Waals surface area contributed by atoms with Gasteiger partial charge in [0, 0.05) is 6.54 Å². The summed E-state index contributed by atoms with van der Waals surface area (Å²) in [5.74, 6) is -0.0676. The molecule has 0 radical (unpaired) electrons. The molecular weight excluding hydrogens is 272 g/mol. The van der Waals surface area contributed by atoms with E-state index >= 15 is 0 Å². The van der Waals surface area contributed by atoms with Crippen LogP contribution in [0.5, 0.6) is 5.88 Å². The number of hydrogen-bond acceptors (Lipinski definition) is 6. The maximum absolute atomic E-state index is 10.8. The van der Waals surface area contributed by atoms with Gasteiger partial charge in [-0.1, -0.05) is 6.42 Å². The maximum Gasteiger partial charge on any atom is 0.349 e. The van der Waals surface area contributed by atoms with E-state index in [4.69, 9.17) is 16.3 Å². The monoisotopic (exact) mass is 286 g/mol. The lowest BCUT2D eigenvalue weighted by Gasteiger charge is -2.25. The van der Waals surface area contributed by atoms with Gasteiger partial charge < -0.3 is 4.74 Å². The topological polar surface area (TPSA) is 81.4 Å². The minimum absolute atomic E-state index is 0.0569. The molecule has 1 fully saturated rings. The van der Waals surface area contributed by atoms with Crippen molar-refractivity contribution in [2.24, 2.45) is 0 Å². The fraction of sp³-hybridized carbons (Fsp3) is 0.636. The third kappa shape index (κ3) is 4.00. The van der Waals surface area contributed by atoms with Gasteiger partial charge in [-0.05, 0) is 37.5 Å². The first-order chi connectivity index (χ1) is 9.16. The molecule has 19 heavy (non-hydrogen) atoms. The molecule has 1 saturated heterocycles. The number of halogens is 1. The molecule has 1 aromatic heterocycles. The Labute approximate surface area is 115 Å². The highest BCUT2D eigenvalue weighted by molar-refractivity contribution is 6.28. The Kier molecular flexibility index (Phi) is 4.86. The van der Waals surface area contributed by atoms with E-state index in [0.29, 0.717) is 6.61 Å². The molecule has 0 atom stereocenters. The van der Waals surface area contributed by atoms with Crippen LogP contribution in [-0.2, 0) is 0 Å². The summed E-state index contributed by atoms with van der Waals surface area (Å²) >= 11 is 5.61. The maximum atomic E-state index is 10.8. The highest BCUT2D eigenvalue weighted by Crippen LogP contribution is 2.24. The van der Waals surface area contributed by atoms with E-state index in [9.17, 15) is 10.1 Å². The molecule has 0 saturated carbocycles. The quantitative estimate of drug-likeness (QED) is 0.467. The zero-order valence-electron chi connectivity index (χ0n) is 10.4. The number of likely N-dealkylation sites (tertiary alicyclic amines) is 1. The molecule has 0 bridgehead atoms. The summed E-state index contributed by atoms with van der Waals surface area (Å²) in [6, 6.07) is 0. The summed E-state index contributed by atoms with van der Waals surface area (Å²) in [6.07, 6.45) is 4.72. The second kappa shape index (κ2) is 6.63. The van der Waals surface area contributed by atoms with Crippen molar-refractivity contribution in [1.82, 2.24) is 14.9 Å². The lowest BCUT2D eigenvalue weighted by molar-refractivity contribution is -0.386. The van der Waals surface area contributed by atoms with E-state index in [1.165, 1.54) is 19.3 Å². The molecule has 7 nitrogen and oxygen atoms in total. The van der Waals surface area contributed by atoms with Crippen LogP contribution in [0.3, 0.4) is 0 Å². The molecule has 0 aliphatic carbocycles. The largest absolute Gasteiger partial charge is 0.471 e. The Morgan fingerprint density at radius 1 is 1.42 bits per heavy atom. The molecule has 0 spiro atoms. The lowest BCUT2D eigenvalue weighted by Crippen LogP contribution is -2.33. The van der Waals surface area contributed by atoms with Crippen molar-refractivity contribution in [3.8, 4) is 5.88 Å². The van der Waals surface area contributed by atoms with Crippen molar-refractivity contribution in [2.75, 3.05) is 26.2 Å². The van der Waals surface area contributed by atoms with E-state index in [2.05, 4.69) is 14.9 Å². The molecule has 0 aromatic carbocycles. The van der Waals surface area contributed by atoms with E-state index < -0.39 is 4.92 Å². The van der Waals surface area contributed by atoms with Gasteiger partial charge in [0.15, 0.2) is 0 Å². The zero-order valence-corrected chi connectivity index (χ0v) is 11.2. The average Bonchev–Trinajstić information content (AvgIpc) is 2.39. The zero-order chi connectivity index (χ0) is 13.7. The van der Waals surface area contributed by atoms with Crippen LogP contribution in [-0.4, -0.2) is 46.0 Å². The van der Waals surface area contributed by atoms with E-state index in [0.717, 1.165) is 25.8 Å². The number of aromatic nitrogens is 2. The molecule has 1 aromatic rings. The number of ether oxygens (including phenoxy) is 1. The molecular formula is C11H15ClN4O3. The minimum Gasteiger partial charge on any atom is -0.471 e. The average molecular weight is 287 g/mol. The van der Waals surface area contributed by atoms with Crippen LogP contribution in [0.1, 0.15) is 19.3 Å². The standard InChI is InChI=1S/C11H15ClN4O3/c12-11-13-8-9(16(17)18)10(14-11)19-7-6-15-4-2-1-3-5-15/h8H,1-7H2. The SMILES string of the molecule is O=[N+]([O-])c1cnc(Cl)nc1OCCN1CCCCC1. The number of piperidine rings is 1. The van der Waals surface area contributed by atoms with Gasteiger partial charge >= 0.3 is 5.69 Å². The molecule has 2 rings (SSSR count). The Balaban J connectivity index is 1.91. The van der Waals surface area contributed by atoms with Crippen LogP contribution < -0.4 is 4.74 Å². The second-order valence-corrected chi connectivity index (χ2v) is 4.68. The summed E-state index contributed by atoms with van der Waals surface area (Å²) in [6.45, 7) is 3.19. The molecule has 0 N–H and O–H groups in total. The van der Waals surface area contributed by atoms with Gasteiger partial charge in [-0.25, -0.2) is 4.98 Å². The van der Waals surface area contributed by atoms with Crippen LogP contribution in [0.4, 0.5) is 5.69 Å². The van der Waals surface area contributed by atoms with Gasteiger partial charge in [-0.15, -0.1) is 0 Å². The fourth-order valence-electron chi connectivity index (χ4n) is 2.03. The fourth-order valence-corrected chi connectivity index (χ4v) is 2.15. The number of rotatable bonds is 5. The third-order valence-electron chi connectivity index (χ3n) is 3.00. The first-order valence-corrected chi connectivity index (χ1v) is 6.56. The van der Waals surface area contributed by atoms with Crippen molar-refractivity contribution in [2.45, 2.75) is 19.3 Å². The van der Waals surface area contributed by atoms with Gasteiger partial charge in [0.2, 0.25) is 5.28 Å². The second-order valence-electron chi connectivity index (χ2n) is 4.34. The van der Waals surface area contributed by atoms with E-state index in [1.807, 2.05) is 0 Å². The smallest absolute Gasteiger partial charge is 0.349 e. The minimum atomic E-state index is -0.577. The molecule has 0 unspecified atom stereocenters. The van der Waals surface area contributed by atoms with Crippen molar-refractivity contribution in [3.05, 3.63) is 21.6 Å². The molecule has 104 valence electrons. The van der Waals surface area contributed by atoms with Crippen LogP contribution >= 0.6 is 11.6 Å². The normalized spacial score (nSPS) is 16.3. The third-order valence-corrected chi connectivity index (χ3v) is 3.18. The van der Waals surface area contributed by atoms with E-state index in [-0.39, 0.29) is 16.9 Å². The van der Waals surface area contributed by atoms with Crippen molar-refractivity contribution in [1.29, 1.82) is 0 Å². The summed E-state index contributed by atoms with van der Waals surface area (Å²) in [4.78, 5) is 19.8. The summed E-state index contributed by atoms with van der Waals surface area (Å²) in [7, 11) is 0. The molecule has 0 amide bonds. The van der Waals surface area contributed by atoms with Crippen molar-refractivity contribution in [3.63, 3.8) is 0 Å². The van der Waals surface area contributed by atoms with Gasteiger partial charge in [-0.3, -0.25) is 15.0 Å². The van der Waals surface area contributed by atoms with Crippen LogP contribution in [0.15, 0.2) is 6.20 Å². The van der Waals surface area contributed by atoms with E-state index in [1.54, 1.807) is 0 Å². The highest BCUT2D eigenvalue weighted by atomic mass is 35.5. The van der Waals surface area contributed by atoms with Gasteiger partial charge in [0.05, 0.1) is 4.92 Å². The van der Waals surface area contributed by atoms with Crippen molar-refractivity contribution < 1.29 is 9.66 Å². The Hall–Kier alpha value is -1.47. The Bertz CT molecular complexity index is 452. The van der Waals surface area contributed by atoms with Gasteiger partial charge in [-0.2, -0.15) is 4.98 Å². The summed E-state index contributed by atoms with van der Waals surface area (Å²) in [5, 5.41) is 10.7. The lowest BCUT2D eigenvalue weighted by atomic mass is 10.1. The number of hydrogen-bond donors (Lipinski definition) is 0. The predicted octanol–water partition coefficient (Wildman–Crippen LogP) is 1.90. The highest BCUT2D eigenvalue weighted by Gasteiger charge is 2.19. The Morgan fingerprint density at radius 2 is 2.16 bits per heavy atom. The summed E-state index contributed by atoms with van der Waals surface area (Å²) < 4.78 is 5.36. The van der Waals surface area contributed by atoms with Crippen LogP contribution in [0, 0.1) is 10.1 Å². The Morgan fingerprint density at radius 3 is 2.84 bits per heavy atom. The molecule has 1 aliphatic heterocycles. The summed E-state index contributed by atoms with van der Waals surface area (Å²) in [5.41, 5.74) is -0.261. The first-order valence-electron chi connectivity index (χ1n) is 6.19.